The molecule has 0 fully saturated rings. The van der Waals surface area contributed by atoms with Crippen molar-refractivity contribution in [1.82, 2.24) is 9.97 Å². The minimum Gasteiger partial charge on any atom is -0.327 e. The minimum atomic E-state index is 0.183. The molecule has 20 heavy (non-hydrogen) atoms. The first-order valence-electron chi connectivity index (χ1n) is 6.93. The molecule has 0 aliphatic carbocycles. The molecule has 0 spiro atoms. The maximum absolute atomic E-state index is 5.97. The van der Waals surface area contributed by atoms with E-state index in [9.17, 15) is 0 Å². The minimum absolute atomic E-state index is 0.183. The average Bonchev–Trinajstić information content (AvgIpc) is 2.47. The van der Waals surface area contributed by atoms with Crippen molar-refractivity contribution in [3.63, 3.8) is 0 Å². The van der Waals surface area contributed by atoms with Crippen molar-refractivity contribution in [2.24, 2.45) is 5.73 Å². The zero-order chi connectivity index (χ0) is 14.4. The summed E-state index contributed by atoms with van der Waals surface area (Å²) in [5.74, 6) is 1.66. The molecule has 0 saturated heterocycles. The number of aryl methyl sites for hydroxylation is 1. The Balaban J connectivity index is 1.95. The topological polar surface area (TPSA) is 51.8 Å². The zero-order valence-corrected chi connectivity index (χ0v) is 12.9. The van der Waals surface area contributed by atoms with Crippen LogP contribution in [0.1, 0.15) is 30.4 Å². The highest BCUT2D eigenvalue weighted by Gasteiger charge is 2.05. The number of thioether (sulfide) groups is 1. The molecule has 1 unspecified atom stereocenters. The van der Waals surface area contributed by atoms with Crippen LogP contribution in [0.25, 0.3) is 0 Å². The van der Waals surface area contributed by atoms with Crippen LogP contribution in [-0.4, -0.2) is 16.0 Å². The SMILES string of the molecule is CCC(N)Cc1ccnc(CSc2ccc(C)cc2)n1. The van der Waals surface area contributed by atoms with Gasteiger partial charge in [0.25, 0.3) is 0 Å². The highest BCUT2D eigenvalue weighted by Crippen LogP contribution is 2.21. The number of hydrogen-bond donors (Lipinski definition) is 1. The fourth-order valence-corrected chi connectivity index (χ4v) is 2.58. The Hall–Kier alpha value is -1.39. The van der Waals surface area contributed by atoms with Crippen molar-refractivity contribution in [3.8, 4) is 0 Å². The van der Waals surface area contributed by atoms with Gasteiger partial charge in [-0.25, -0.2) is 9.97 Å². The van der Waals surface area contributed by atoms with Gasteiger partial charge < -0.3 is 5.73 Å². The monoisotopic (exact) mass is 287 g/mol. The van der Waals surface area contributed by atoms with E-state index in [0.29, 0.717) is 0 Å². The standard InChI is InChI=1S/C16H21N3S/c1-3-13(17)10-14-8-9-18-16(19-14)11-20-15-6-4-12(2)5-7-15/h4-9,13H,3,10-11,17H2,1-2H3. The highest BCUT2D eigenvalue weighted by atomic mass is 32.2. The van der Waals surface area contributed by atoms with Crippen LogP contribution in [-0.2, 0) is 12.2 Å². The first-order valence-corrected chi connectivity index (χ1v) is 7.91. The summed E-state index contributed by atoms with van der Waals surface area (Å²) in [5, 5.41) is 0. The fraction of sp³-hybridized carbons (Fsp3) is 0.375. The predicted octanol–water partition coefficient (Wildman–Crippen LogP) is 3.36. The van der Waals surface area contributed by atoms with Gasteiger partial charge in [0.1, 0.15) is 5.82 Å². The van der Waals surface area contributed by atoms with Crippen molar-refractivity contribution in [1.29, 1.82) is 0 Å². The second-order valence-corrected chi connectivity index (χ2v) is 5.99. The summed E-state index contributed by atoms with van der Waals surface area (Å²) in [6.07, 6.45) is 3.62. The summed E-state index contributed by atoms with van der Waals surface area (Å²) in [6, 6.07) is 10.7. The van der Waals surface area contributed by atoms with Gasteiger partial charge in [-0.05, 0) is 31.5 Å². The molecule has 1 atom stereocenters. The molecule has 0 saturated carbocycles. The van der Waals surface area contributed by atoms with E-state index >= 15 is 0 Å². The molecular formula is C16H21N3S. The summed E-state index contributed by atoms with van der Waals surface area (Å²) in [4.78, 5) is 10.2. The number of benzene rings is 1. The Bertz CT molecular complexity index is 540. The first-order chi connectivity index (χ1) is 9.67. The fourth-order valence-electron chi connectivity index (χ4n) is 1.82. The van der Waals surface area contributed by atoms with Crippen molar-refractivity contribution in [2.75, 3.05) is 0 Å². The molecule has 1 aromatic heterocycles. The van der Waals surface area contributed by atoms with Gasteiger partial charge in [-0.15, -0.1) is 11.8 Å². The van der Waals surface area contributed by atoms with Crippen LogP contribution < -0.4 is 5.73 Å². The van der Waals surface area contributed by atoms with Crippen LogP contribution in [0.4, 0.5) is 0 Å². The number of rotatable bonds is 6. The molecule has 1 heterocycles. The van der Waals surface area contributed by atoms with Crippen LogP contribution in [0.3, 0.4) is 0 Å². The van der Waals surface area contributed by atoms with Crippen LogP contribution in [0.15, 0.2) is 41.4 Å². The van der Waals surface area contributed by atoms with Crippen LogP contribution in [0.2, 0.25) is 0 Å². The Kier molecular flexibility index (Phi) is 5.56. The third-order valence-corrected chi connectivity index (χ3v) is 4.16. The number of nitrogens with two attached hydrogens (primary N) is 1. The van der Waals surface area contributed by atoms with Crippen molar-refractivity contribution in [2.45, 2.75) is 43.4 Å². The van der Waals surface area contributed by atoms with Gasteiger partial charge in [-0.1, -0.05) is 24.6 Å². The molecule has 0 amide bonds. The molecule has 106 valence electrons. The third kappa shape index (κ3) is 4.62. The van der Waals surface area contributed by atoms with Gasteiger partial charge in [-0.3, -0.25) is 0 Å². The Morgan fingerprint density at radius 1 is 1.20 bits per heavy atom. The number of hydrogen-bond acceptors (Lipinski definition) is 4. The zero-order valence-electron chi connectivity index (χ0n) is 12.0. The van der Waals surface area contributed by atoms with Gasteiger partial charge >= 0.3 is 0 Å². The Morgan fingerprint density at radius 2 is 1.95 bits per heavy atom. The summed E-state index contributed by atoms with van der Waals surface area (Å²) < 4.78 is 0. The molecule has 0 aliphatic rings. The molecule has 1 aromatic carbocycles. The Morgan fingerprint density at radius 3 is 2.65 bits per heavy atom. The summed E-state index contributed by atoms with van der Waals surface area (Å²) >= 11 is 1.76. The molecule has 4 heteroatoms. The molecule has 0 aliphatic heterocycles. The normalized spacial score (nSPS) is 12.3. The van der Waals surface area contributed by atoms with E-state index in [1.807, 2.05) is 12.3 Å². The lowest BCUT2D eigenvalue weighted by atomic mass is 10.1. The smallest absolute Gasteiger partial charge is 0.138 e. The molecule has 2 aromatic rings. The second-order valence-electron chi connectivity index (χ2n) is 4.94. The summed E-state index contributed by atoms with van der Waals surface area (Å²) in [7, 11) is 0. The van der Waals surface area contributed by atoms with E-state index < -0.39 is 0 Å². The summed E-state index contributed by atoms with van der Waals surface area (Å²) in [5.41, 5.74) is 8.28. The maximum atomic E-state index is 5.97. The lowest BCUT2D eigenvalue weighted by Gasteiger charge is -2.08. The summed E-state index contributed by atoms with van der Waals surface area (Å²) in [6.45, 7) is 4.19. The van der Waals surface area contributed by atoms with Crippen LogP contribution >= 0.6 is 11.8 Å². The quantitative estimate of drug-likeness (QED) is 0.828. The molecule has 0 radical (unpaired) electrons. The van der Waals surface area contributed by atoms with E-state index in [-0.39, 0.29) is 6.04 Å². The van der Waals surface area contributed by atoms with Gasteiger partial charge in [-0.2, -0.15) is 0 Å². The molecule has 0 bridgehead atoms. The predicted molar refractivity (Wildman–Crippen MR) is 84.7 cm³/mol. The van der Waals surface area contributed by atoms with E-state index in [2.05, 4.69) is 48.1 Å². The van der Waals surface area contributed by atoms with Crippen LogP contribution in [0, 0.1) is 6.92 Å². The van der Waals surface area contributed by atoms with E-state index in [1.54, 1.807) is 11.8 Å². The molecule has 3 nitrogen and oxygen atoms in total. The average molecular weight is 287 g/mol. The van der Waals surface area contributed by atoms with Crippen molar-refractivity contribution >= 4 is 11.8 Å². The molecule has 2 rings (SSSR count). The van der Waals surface area contributed by atoms with Crippen molar-refractivity contribution in [3.05, 3.63) is 53.6 Å². The van der Waals surface area contributed by atoms with Crippen LogP contribution in [0.5, 0.6) is 0 Å². The first kappa shape index (κ1) is 15.0. The van der Waals surface area contributed by atoms with Gasteiger partial charge in [0.2, 0.25) is 0 Å². The largest absolute Gasteiger partial charge is 0.327 e. The molecular weight excluding hydrogens is 266 g/mol. The number of nitrogens with zero attached hydrogens (tertiary/aromatic N) is 2. The highest BCUT2D eigenvalue weighted by molar-refractivity contribution is 7.98. The molecule has 2 N–H and O–H groups in total. The number of aromatic nitrogens is 2. The van der Waals surface area contributed by atoms with E-state index in [0.717, 1.165) is 30.1 Å². The van der Waals surface area contributed by atoms with Gasteiger partial charge in [0, 0.05) is 29.2 Å². The van der Waals surface area contributed by atoms with Gasteiger partial charge in [0.15, 0.2) is 0 Å². The second kappa shape index (κ2) is 7.41. The lowest BCUT2D eigenvalue weighted by molar-refractivity contribution is 0.634. The third-order valence-electron chi connectivity index (χ3n) is 3.15. The van der Waals surface area contributed by atoms with E-state index in [1.165, 1.54) is 10.5 Å². The van der Waals surface area contributed by atoms with Crippen molar-refractivity contribution < 1.29 is 0 Å². The lowest BCUT2D eigenvalue weighted by Crippen LogP contribution is -2.22. The maximum Gasteiger partial charge on any atom is 0.138 e. The van der Waals surface area contributed by atoms with Gasteiger partial charge in [0.05, 0.1) is 5.75 Å². The van der Waals surface area contributed by atoms with E-state index in [4.69, 9.17) is 5.73 Å². The Labute approximate surface area is 125 Å².